The van der Waals surface area contributed by atoms with Gasteiger partial charge in [-0.25, -0.2) is 0 Å². The van der Waals surface area contributed by atoms with E-state index < -0.39 is 42.1 Å². The molecular weight excluding hydrogens is 808 g/mol. The fourth-order valence-corrected chi connectivity index (χ4v) is 4.51. The molecule has 0 saturated heterocycles. The minimum absolute atomic E-state index is 0.337. The second-order valence-corrected chi connectivity index (χ2v) is 14.8. The van der Waals surface area contributed by atoms with Crippen molar-refractivity contribution >= 4 is 29.8 Å². The number of aliphatic hydroxyl groups is 6. The van der Waals surface area contributed by atoms with E-state index in [-0.39, 0.29) is 26.4 Å². The average Bonchev–Trinajstić information content (AvgIpc) is 3.23. The summed E-state index contributed by atoms with van der Waals surface area (Å²) in [4.78, 5) is 50.2. The van der Waals surface area contributed by atoms with E-state index in [1.54, 1.807) is 0 Å². The second kappa shape index (κ2) is 69.8. The highest BCUT2D eigenvalue weighted by Crippen LogP contribution is 2.07. The van der Waals surface area contributed by atoms with Crippen LogP contribution in [0.15, 0.2) is 0 Å². The van der Waals surface area contributed by atoms with Crippen molar-refractivity contribution in [3.05, 3.63) is 0 Å². The molecule has 0 bridgehead atoms. The third-order valence-corrected chi connectivity index (χ3v) is 8.31. The lowest BCUT2D eigenvalue weighted by Gasteiger charge is -1.96. The topological polar surface area (TPSA) is 308 Å². The van der Waals surface area contributed by atoms with Gasteiger partial charge in [0.1, 0.15) is 12.2 Å². The summed E-state index contributed by atoms with van der Waals surface area (Å²) in [7, 11) is 0. The molecule has 0 aliphatic carbocycles. The zero-order valence-electron chi connectivity index (χ0n) is 39.7. The highest BCUT2D eigenvalue weighted by atomic mass is 16.4. The smallest absolute Gasteiger partial charge is 0.303 e. The predicted octanol–water partition coefficient (Wildman–Crippen LogP) is 8.82. The Morgan fingerprint density at radius 1 is 0.274 bits per heavy atom. The molecular formula is C46H96O16. The van der Waals surface area contributed by atoms with Gasteiger partial charge in [0.05, 0.1) is 26.4 Å². The maximum Gasteiger partial charge on any atom is 0.303 e. The summed E-state index contributed by atoms with van der Waals surface area (Å²) in [5.41, 5.74) is 0. The van der Waals surface area contributed by atoms with Crippen LogP contribution in [0.5, 0.6) is 0 Å². The first-order valence-corrected chi connectivity index (χ1v) is 23.4. The first-order valence-electron chi connectivity index (χ1n) is 23.4. The van der Waals surface area contributed by atoms with Crippen LogP contribution in [0, 0.1) is 0 Å². The SMILES string of the molecule is CCCCCCCC(=O)O.CCCCCCCC(=O)O.CCCCCCCC(=O)O.CCCCCCCC(=O)O.CCCCCCCC(=O)O.OCC(O)CO.OCC(O)CO. The van der Waals surface area contributed by atoms with Gasteiger partial charge in [0, 0.05) is 32.1 Å². The van der Waals surface area contributed by atoms with E-state index in [9.17, 15) is 24.0 Å². The Kier molecular flexibility index (Phi) is 82.7. The summed E-state index contributed by atoms with van der Waals surface area (Å²) >= 11 is 0. The zero-order valence-corrected chi connectivity index (χ0v) is 39.7. The van der Waals surface area contributed by atoms with E-state index in [4.69, 9.17) is 56.2 Å². The maximum absolute atomic E-state index is 10.0. The molecule has 0 aromatic heterocycles. The molecule has 0 radical (unpaired) electrons. The van der Waals surface area contributed by atoms with Crippen molar-refractivity contribution in [1.82, 2.24) is 0 Å². The number of carboxylic acids is 5. The predicted molar refractivity (Wildman–Crippen MR) is 245 cm³/mol. The summed E-state index contributed by atoms with van der Waals surface area (Å²) in [6, 6.07) is 0. The van der Waals surface area contributed by atoms with Gasteiger partial charge in [0.25, 0.3) is 0 Å². The molecule has 0 aliphatic rings. The molecule has 0 spiro atoms. The summed E-state index contributed by atoms with van der Waals surface area (Å²) in [6.07, 6.45) is 27.5. The Balaban J connectivity index is -0.000000115. The van der Waals surface area contributed by atoms with E-state index in [2.05, 4.69) is 34.6 Å². The van der Waals surface area contributed by atoms with Gasteiger partial charge in [-0.15, -0.1) is 0 Å². The first-order chi connectivity index (χ1) is 29.5. The standard InChI is InChI=1S/5C8H16O2.2C3H8O3/c5*1-2-3-4-5-6-7-8(9)10;2*4-1-3(6)2-5/h5*2-7H2,1H3,(H,9,10);2*3-6H,1-2H2. The molecule has 0 atom stereocenters. The molecule has 0 saturated carbocycles. The van der Waals surface area contributed by atoms with Crippen LogP contribution >= 0.6 is 0 Å². The van der Waals surface area contributed by atoms with Crippen molar-refractivity contribution in [3.63, 3.8) is 0 Å². The van der Waals surface area contributed by atoms with Gasteiger partial charge in [-0.1, -0.05) is 163 Å². The summed E-state index contributed by atoms with van der Waals surface area (Å²) in [5.74, 6) is -3.35. The Morgan fingerprint density at radius 3 is 0.484 bits per heavy atom. The van der Waals surface area contributed by atoms with Gasteiger partial charge < -0.3 is 56.2 Å². The number of carboxylic acid groups (broad SMARTS) is 5. The maximum atomic E-state index is 10.0. The largest absolute Gasteiger partial charge is 0.481 e. The number of unbranched alkanes of at least 4 members (excludes halogenated alkanes) is 20. The van der Waals surface area contributed by atoms with Gasteiger partial charge in [-0.05, 0) is 32.1 Å². The van der Waals surface area contributed by atoms with Crippen LogP contribution in [-0.4, -0.2) is 125 Å². The minimum atomic E-state index is -0.954. The fraction of sp³-hybridized carbons (Fsp3) is 0.891. The molecule has 0 aromatic rings. The molecule has 0 unspecified atom stereocenters. The van der Waals surface area contributed by atoms with Crippen LogP contribution in [0.2, 0.25) is 0 Å². The van der Waals surface area contributed by atoms with Crippen molar-refractivity contribution in [3.8, 4) is 0 Å². The van der Waals surface area contributed by atoms with Gasteiger partial charge in [0.15, 0.2) is 0 Å². The van der Waals surface area contributed by atoms with E-state index in [1.165, 1.54) is 96.3 Å². The molecule has 0 aliphatic heterocycles. The Hall–Kier alpha value is -2.89. The van der Waals surface area contributed by atoms with Crippen molar-refractivity contribution < 1.29 is 80.1 Å². The van der Waals surface area contributed by atoms with Crippen molar-refractivity contribution in [2.75, 3.05) is 26.4 Å². The lowest BCUT2D eigenvalue weighted by atomic mass is 10.1. The number of aliphatic hydroxyl groups excluding tert-OH is 6. The molecule has 0 fully saturated rings. The van der Waals surface area contributed by atoms with Crippen LogP contribution in [0.4, 0.5) is 0 Å². The van der Waals surface area contributed by atoms with Crippen LogP contribution in [0.1, 0.15) is 227 Å². The Morgan fingerprint density at radius 2 is 0.403 bits per heavy atom. The summed E-state index contributed by atoms with van der Waals surface area (Å²) in [5, 5.41) is 89.4. The summed E-state index contributed by atoms with van der Waals surface area (Å²) in [6.45, 7) is 9.29. The van der Waals surface area contributed by atoms with Gasteiger partial charge in [-0.3, -0.25) is 24.0 Å². The molecule has 376 valence electrons. The molecule has 0 rings (SSSR count). The molecule has 0 amide bonds. The van der Waals surface area contributed by atoms with Crippen LogP contribution in [0.25, 0.3) is 0 Å². The van der Waals surface area contributed by atoms with Gasteiger partial charge in [-0.2, -0.15) is 0 Å². The normalized spacial score (nSPS) is 9.76. The number of aliphatic carboxylic acids is 5. The number of hydrogen-bond donors (Lipinski definition) is 11. The van der Waals surface area contributed by atoms with Crippen LogP contribution < -0.4 is 0 Å². The quantitative estimate of drug-likeness (QED) is 0.0269. The van der Waals surface area contributed by atoms with E-state index in [1.807, 2.05) is 0 Å². The molecule has 0 aromatic carbocycles. The van der Waals surface area contributed by atoms with Crippen LogP contribution in [0.3, 0.4) is 0 Å². The molecule has 0 heterocycles. The van der Waals surface area contributed by atoms with Gasteiger partial charge in [0.2, 0.25) is 0 Å². The molecule has 16 nitrogen and oxygen atoms in total. The first kappa shape index (κ1) is 73.5. The molecule has 11 N–H and O–H groups in total. The van der Waals surface area contributed by atoms with Crippen LogP contribution in [-0.2, 0) is 24.0 Å². The molecule has 16 heteroatoms. The number of hydrogen-bond acceptors (Lipinski definition) is 11. The lowest BCUT2D eigenvalue weighted by Crippen LogP contribution is -2.15. The summed E-state index contributed by atoms with van der Waals surface area (Å²) < 4.78 is 0. The number of carbonyl (C=O) groups is 5. The van der Waals surface area contributed by atoms with Gasteiger partial charge >= 0.3 is 29.8 Å². The Bertz CT molecular complexity index is 732. The highest BCUT2D eigenvalue weighted by Gasteiger charge is 1.98. The second-order valence-electron chi connectivity index (χ2n) is 14.8. The highest BCUT2D eigenvalue weighted by molar-refractivity contribution is 5.67. The third-order valence-electron chi connectivity index (χ3n) is 8.31. The number of rotatable bonds is 34. The van der Waals surface area contributed by atoms with E-state index in [0.717, 1.165) is 64.2 Å². The monoisotopic (exact) mass is 905 g/mol. The third kappa shape index (κ3) is 112. The van der Waals surface area contributed by atoms with E-state index >= 15 is 0 Å². The van der Waals surface area contributed by atoms with E-state index in [0.29, 0.717) is 32.1 Å². The van der Waals surface area contributed by atoms with Crippen molar-refractivity contribution in [2.45, 2.75) is 239 Å². The molecule has 62 heavy (non-hydrogen) atoms. The van der Waals surface area contributed by atoms with Crippen molar-refractivity contribution in [2.24, 2.45) is 0 Å². The average molecular weight is 905 g/mol. The zero-order chi connectivity index (χ0) is 49.1. The Labute approximate surface area is 375 Å². The minimum Gasteiger partial charge on any atom is -0.481 e. The van der Waals surface area contributed by atoms with Crippen molar-refractivity contribution in [1.29, 1.82) is 0 Å². The lowest BCUT2D eigenvalue weighted by molar-refractivity contribution is -0.138. The fourth-order valence-electron chi connectivity index (χ4n) is 4.51.